The second-order valence-electron chi connectivity index (χ2n) is 12.6. The number of aryl methyl sites for hydroxylation is 2. The second-order valence-corrected chi connectivity index (χ2v) is 12.6. The number of nitrogens with two attached hydrogens (primary N) is 3. The lowest BCUT2D eigenvalue weighted by atomic mass is 9.47. The Morgan fingerprint density at radius 3 is 2.24 bits per heavy atom. The van der Waals surface area contributed by atoms with Crippen molar-refractivity contribution in [1.82, 2.24) is 4.90 Å². The molecule has 45 heavy (non-hydrogen) atoms. The number of fused-ring (bicyclic) bond motifs is 3. The minimum Gasteiger partial charge on any atom is -0.509 e. The van der Waals surface area contributed by atoms with Gasteiger partial charge in [0.1, 0.15) is 28.7 Å². The molecule has 0 heterocycles. The maximum absolute atomic E-state index is 14.6. The standard InChI is InChI=1S/C32H35FN6O6/c1-38(2)19-11-16(8-5-15-6-9-17(33)10-7-15)23(40)20-18(19)12-30(36)13-32(37)26(39(3)4)25(42)21(29(35)45)27(43)31(32,14-34)28(44)22(30)24(20)41/h6-7,9-11,26,40-41,43H,5,8,12-13,36-37H2,1-4H3,(H2,35,45)/t26-,30-,31+,32-/m1/s1. The number of nitriles is 1. The highest BCUT2D eigenvalue weighted by atomic mass is 19.1. The van der Waals surface area contributed by atoms with Gasteiger partial charge in [0.2, 0.25) is 0 Å². The van der Waals surface area contributed by atoms with Gasteiger partial charge in [-0.25, -0.2) is 4.39 Å². The van der Waals surface area contributed by atoms with E-state index in [0.717, 1.165) is 5.56 Å². The molecule has 0 spiro atoms. The Balaban J connectivity index is 1.77. The molecule has 0 saturated heterocycles. The van der Waals surface area contributed by atoms with Crippen LogP contribution in [0, 0.1) is 22.6 Å². The summed E-state index contributed by atoms with van der Waals surface area (Å²) in [7, 11) is 6.43. The number of carbonyl (C=O) groups is 3. The first-order valence-corrected chi connectivity index (χ1v) is 14.2. The van der Waals surface area contributed by atoms with Crippen LogP contribution in [0.2, 0.25) is 0 Å². The van der Waals surface area contributed by atoms with Crippen molar-refractivity contribution in [2.75, 3.05) is 33.1 Å². The fourth-order valence-corrected chi connectivity index (χ4v) is 7.45. The number of hydrogen-bond acceptors (Lipinski definition) is 11. The Kier molecular flexibility index (Phi) is 7.32. The zero-order valence-electron chi connectivity index (χ0n) is 25.3. The number of aliphatic hydroxyl groups is 2. The number of phenols is 1. The van der Waals surface area contributed by atoms with Crippen molar-refractivity contribution in [2.45, 2.75) is 42.8 Å². The highest BCUT2D eigenvalue weighted by Crippen LogP contribution is 2.59. The van der Waals surface area contributed by atoms with Gasteiger partial charge in [-0.15, -0.1) is 0 Å². The van der Waals surface area contributed by atoms with E-state index in [1.807, 2.05) is 0 Å². The lowest BCUT2D eigenvalue weighted by Crippen LogP contribution is -2.80. The van der Waals surface area contributed by atoms with Crippen LogP contribution in [0.15, 0.2) is 47.2 Å². The van der Waals surface area contributed by atoms with Crippen molar-refractivity contribution >= 4 is 28.9 Å². The molecule has 3 aliphatic rings. The van der Waals surface area contributed by atoms with Crippen LogP contribution in [-0.4, -0.2) is 83.0 Å². The zero-order chi connectivity index (χ0) is 33.4. The molecule has 0 aliphatic heterocycles. The van der Waals surface area contributed by atoms with Gasteiger partial charge in [-0.05, 0) is 74.7 Å². The van der Waals surface area contributed by atoms with E-state index in [2.05, 4.69) is 0 Å². The summed E-state index contributed by atoms with van der Waals surface area (Å²) in [6.07, 6.45) is 0.0952. The molecule has 1 saturated carbocycles. The number of hydrogen-bond donors (Lipinski definition) is 6. The molecule has 13 heteroatoms. The Bertz CT molecular complexity index is 1780. The number of benzene rings is 2. The van der Waals surface area contributed by atoms with E-state index in [0.29, 0.717) is 23.2 Å². The molecule has 1 amide bonds. The van der Waals surface area contributed by atoms with E-state index < -0.39 is 69.1 Å². The van der Waals surface area contributed by atoms with Gasteiger partial charge >= 0.3 is 0 Å². The molecular formula is C32H35FN6O6. The molecule has 0 bridgehead atoms. The number of aromatic hydroxyl groups is 1. The second kappa shape index (κ2) is 10.4. The van der Waals surface area contributed by atoms with Gasteiger partial charge in [0.05, 0.1) is 34.3 Å². The Morgan fingerprint density at radius 1 is 1.09 bits per heavy atom. The SMILES string of the molecule is CN(C)c1cc(CCc2ccc(F)cc2)c(O)c2c1C[C@@]1(N)C[C@@]3(N)[C@H](N(C)C)C(=O)C(C(N)=O)=C(O)[C@@]3(C#N)C(=O)C1=C2O. The third kappa shape index (κ3) is 4.24. The molecule has 12 nitrogen and oxygen atoms in total. The quantitative estimate of drug-likeness (QED) is 0.250. The summed E-state index contributed by atoms with van der Waals surface area (Å²) in [4.78, 5) is 43.6. The first kappa shape index (κ1) is 31.6. The van der Waals surface area contributed by atoms with E-state index in [1.54, 1.807) is 43.3 Å². The van der Waals surface area contributed by atoms with E-state index in [1.165, 1.54) is 31.1 Å². The van der Waals surface area contributed by atoms with Gasteiger partial charge in [-0.2, -0.15) is 5.26 Å². The van der Waals surface area contributed by atoms with Crippen molar-refractivity contribution in [3.63, 3.8) is 0 Å². The molecule has 0 radical (unpaired) electrons. The van der Waals surface area contributed by atoms with Gasteiger partial charge in [-0.3, -0.25) is 19.3 Å². The Hall–Kier alpha value is -4.77. The van der Waals surface area contributed by atoms with Crippen LogP contribution in [0.4, 0.5) is 10.1 Å². The summed E-state index contributed by atoms with van der Waals surface area (Å²) < 4.78 is 13.4. The van der Waals surface area contributed by atoms with Crippen molar-refractivity contribution in [3.05, 3.63) is 75.3 Å². The van der Waals surface area contributed by atoms with Crippen LogP contribution >= 0.6 is 0 Å². The van der Waals surface area contributed by atoms with Crippen molar-refractivity contribution in [3.8, 4) is 11.8 Å². The normalized spacial score (nSPS) is 27.6. The number of Topliss-reactive ketones (excluding diaryl/α,β-unsaturated/α-hetero) is 2. The smallest absolute Gasteiger partial charge is 0.255 e. The van der Waals surface area contributed by atoms with E-state index >= 15 is 0 Å². The van der Waals surface area contributed by atoms with E-state index in [-0.39, 0.29) is 30.0 Å². The van der Waals surface area contributed by atoms with E-state index in [4.69, 9.17) is 17.2 Å². The molecule has 2 aromatic carbocycles. The summed E-state index contributed by atoms with van der Waals surface area (Å²) in [6, 6.07) is 7.93. The number of aliphatic hydroxyl groups excluding tert-OH is 2. The predicted molar refractivity (Wildman–Crippen MR) is 162 cm³/mol. The van der Waals surface area contributed by atoms with Crippen LogP contribution in [0.3, 0.4) is 0 Å². The van der Waals surface area contributed by atoms with Gasteiger partial charge in [0, 0.05) is 19.8 Å². The molecule has 236 valence electrons. The average molecular weight is 619 g/mol. The van der Waals surface area contributed by atoms with Crippen LogP contribution in [0.25, 0.3) is 5.76 Å². The number of ketones is 2. The number of nitrogens with zero attached hydrogens (tertiary/aromatic N) is 3. The molecule has 4 atom stereocenters. The van der Waals surface area contributed by atoms with Crippen LogP contribution in [-0.2, 0) is 33.6 Å². The Labute approximate surface area is 258 Å². The van der Waals surface area contributed by atoms with Crippen LogP contribution < -0.4 is 22.1 Å². The van der Waals surface area contributed by atoms with Crippen molar-refractivity contribution in [2.24, 2.45) is 22.6 Å². The molecule has 2 aromatic rings. The number of amides is 1. The molecule has 0 unspecified atom stereocenters. The highest BCUT2D eigenvalue weighted by Gasteiger charge is 2.74. The third-order valence-corrected chi connectivity index (χ3v) is 9.38. The fourth-order valence-electron chi connectivity index (χ4n) is 7.45. The summed E-state index contributed by atoms with van der Waals surface area (Å²) in [5.41, 5.74) is 13.3. The largest absolute Gasteiger partial charge is 0.509 e. The zero-order valence-corrected chi connectivity index (χ0v) is 25.3. The molecule has 5 rings (SSSR count). The molecule has 0 aromatic heterocycles. The number of anilines is 1. The minimum absolute atomic E-state index is 0.0769. The minimum atomic E-state index is -2.73. The number of carbonyl (C=O) groups excluding carboxylic acids is 3. The number of primary amides is 1. The number of likely N-dealkylation sites (N-methyl/N-ethyl adjacent to an activating group) is 1. The predicted octanol–water partition coefficient (Wildman–Crippen LogP) is 0.896. The molecular weight excluding hydrogens is 583 g/mol. The van der Waals surface area contributed by atoms with Gasteiger partial charge in [0.25, 0.3) is 5.91 Å². The average Bonchev–Trinajstić information content (AvgIpc) is 2.92. The maximum atomic E-state index is 14.6. The van der Waals surface area contributed by atoms with E-state index in [9.17, 15) is 39.4 Å². The molecule has 1 fully saturated rings. The van der Waals surface area contributed by atoms with Gasteiger partial charge < -0.3 is 37.4 Å². The summed E-state index contributed by atoms with van der Waals surface area (Å²) in [6.45, 7) is 0. The lowest BCUT2D eigenvalue weighted by molar-refractivity contribution is -0.139. The summed E-state index contributed by atoms with van der Waals surface area (Å²) in [5.74, 6) is -6.16. The van der Waals surface area contributed by atoms with Gasteiger partial charge in [-0.1, -0.05) is 12.1 Å². The number of halogens is 1. The molecule has 3 aliphatic carbocycles. The topological polar surface area (TPSA) is 220 Å². The maximum Gasteiger partial charge on any atom is 0.255 e. The van der Waals surface area contributed by atoms with Crippen LogP contribution in [0.5, 0.6) is 5.75 Å². The number of phenolic OH excluding ortho intramolecular Hbond substituents is 1. The summed E-state index contributed by atoms with van der Waals surface area (Å²) in [5, 5.41) is 45.3. The molecule has 9 N–H and O–H groups in total. The lowest BCUT2D eigenvalue weighted by Gasteiger charge is -2.58. The third-order valence-electron chi connectivity index (χ3n) is 9.38. The first-order chi connectivity index (χ1) is 21.0. The highest BCUT2D eigenvalue weighted by molar-refractivity contribution is 6.25. The van der Waals surface area contributed by atoms with Gasteiger partial charge in [0.15, 0.2) is 17.0 Å². The van der Waals surface area contributed by atoms with Crippen molar-refractivity contribution < 1.29 is 34.1 Å². The monoisotopic (exact) mass is 618 g/mol. The van der Waals surface area contributed by atoms with Crippen molar-refractivity contribution in [1.29, 1.82) is 5.26 Å². The summed E-state index contributed by atoms with van der Waals surface area (Å²) >= 11 is 0. The fraction of sp³-hybridized carbons (Fsp3) is 0.375. The first-order valence-electron chi connectivity index (χ1n) is 14.2. The Morgan fingerprint density at radius 2 is 1.71 bits per heavy atom. The number of rotatable bonds is 6. The van der Waals surface area contributed by atoms with Crippen LogP contribution in [0.1, 0.15) is 28.7 Å².